The first kappa shape index (κ1) is 13.9. The maximum atomic E-state index is 8.57. The first-order chi connectivity index (χ1) is 6.76. The third kappa shape index (κ3) is 6.35. The average molecular weight is 202 g/mol. The van der Waals surface area contributed by atoms with Crippen LogP contribution in [0.2, 0.25) is 0 Å². The van der Waals surface area contributed by atoms with Gasteiger partial charge in [-0.05, 0) is 39.4 Å². The summed E-state index contributed by atoms with van der Waals surface area (Å²) in [5, 5.41) is 11.8. The van der Waals surface area contributed by atoms with Crippen LogP contribution in [0.3, 0.4) is 0 Å². The van der Waals surface area contributed by atoms with Crippen LogP contribution >= 0.6 is 0 Å². The third-order valence-electron chi connectivity index (χ3n) is 2.70. The summed E-state index contributed by atoms with van der Waals surface area (Å²) < 4.78 is 0. The van der Waals surface area contributed by atoms with Crippen molar-refractivity contribution in [2.24, 2.45) is 0 Å². The number of hydrogen-bond acceptors (Lipinski definition) is 3. The second kappa shape index (κ2) is 9.44. The number of aliphatic hydroxyl groups excluding tert-OH is 1. The molecule has 3 heteroatoms. The van der Waals surface area contributed by atoms with Crippen molar-refractivity contribution in [3.63, 3.8) is 0 Å². The van der Waals surface area contributed by atoms with Crippen molar-refractivity contribution in [3.05, 3.63) is 0 Å². The van der Waals surface area contributed by atoms with Crippen molar-refractivity contribution in [3.8, 4) is 0 Å². The zero-order valence-electron chi connectivity index (χ0n) is 9.92. The van der Waals surface area contributed by atoms with E-state index in [-0.39, 0.29) is 6.61 Å². The topological polar surface area (TPSA) is 35.5 Å². The summed E-state index contributed by atoms with van der Waals surface area (Å²) in [5.41, 5.74) is 0. The smallest absolute Gasteiger partial charge is 0.0555 e. The van der Waals surface area contributed by atoms with E-state index >= 15 is 0 Å². The molecule has 0 saturated carbocycles. The summed E-state index contributed by atoms with van der Waals surface area (Å²) in [4.78, 5) is 2.48. The predicted molar refractivity (Wildman–Crippen MR) is 61.6 cm³/mol. The van der Waals surface area contributed by atoms with E-state index in [2.05, 4.69) is 31.0 Å². The third-order valence-corrected chi connectivity index (χ3v) is 2.70. The van der Waals surface area contributed by atoms with Gasteiger partial charge in [0.15, 0.2) is 0 Å². The zero-order valence-corrected chi connectivity index (χ0v) is 9.92. The molecule has 3 nitrogen and oxygen atoms in total. The van der Waals surface area contributed by atoms with Crippen LogP contribution in [0.4, 0.5) is 0 Å². The summed E-state index contributed by atoms with van der Waals surface area (Å²) >= 11 is 0. The Labute approximate surface area is 88.5 Å². The van der Waals surface area contributed by atoms with Crippen molar-refractivity contribution in [2.75, 3.05) is 32.8 Å². The lowest BCUT2D eigenvalue weighted by atomic mass is 10.1. The quantitative estimate of drug-likeness (QED) is 0.549. The van der Waals surface area contributed by atoms with Crippen molar-refractivity contribution in [1.82, 2.24) is 10.2 Å². The van der Waals surface area contributed by atoms with Crippen molar-refractivity contribution in [1.29, 1.82) is 0 Å². The lowest BCUT2D eigenvalue weighted by molar-refractivity contribution is 0.217. The normalized spacial score (nSPS) is 13.5. The van der Waals surface area contributed by atoms with Crippen molar-refractivity contribution >= 4 is 0 Å². The van der Waals surface area contributed by atoms with Gasteiger partial charge in [0.1, 0.15) is 0 Å². The maximum Gasteiger partial charge on any atom is 0.0555 e. The highest BCUT2D eigenvalue weighted by Crippen LogP contribution is 2.04. The molecule has 1 unspecified atom stereocenters. The SMILES string of the molecule is CCN(CC)C(C)CCCNCCO. The Morgan fingerprint density at radius 2 is 1.86 bits per heavy atom. The van der Waals surface area contributed by atoms with Gasteiger partial charge in [0.05, 0.1) is 6.61 Å². The van der Waals surface area contributed by atoms with E-state index in [9.17, 15) is 0 Å². The Bertz CT molecular complexity index is 116. The number of hydrogen-bond donors (Lipinski definition) is 2. The van der Waals surface area contributed by atoms with E-state index in [4.69, 9.17) is 5.11 Å². The van der Waals surface area contributed by atoms with Gasteiger partial charge in [-0.15, -0.1) is 0 Å². The van der Waals surface area contributed by atoms with E-state index in [1.165, 1.54) is 12.8 Å². The van der Waals surface area contributed by atoms with E-state index in [0.29, 0.717) is 6.04 Å². The Hall–Kier alpha value is -0.120. The molecule has 0 rings (SSSR count). The van der Waals surface area contributed by atoms with Gasteiger partial charge in [0.2, 0.25) is 0 Å². The van der Waals surface area contributed by atoms with E-state index in [1.807, 2.05) is 0 Å². The van der Waals surface area contributed by atoms with Crippen LogP contribution in [-0.2, 0) is 0 Å². The molecule has 0 radical (unpaired) electrons. The highest BCUT2D eigenvalue weighted by atomic mass is 16.3. The van der Waals surface area contributed by atoms with Crippen LogP contribution in [0.25, 0.3) is 0 Å². The molecular weight excluding hydrogens is 176 g/mol. The van der Waals surface area contributed by atoms with Gasteiger partial charge in [-0.3, -0.25) is 0 Å². The summed E-state index contributed by atoms with van der Waals surface area (Å²) in [5.74, 6) is 0. The van der Waals surface area contributed by atoms with Crippen molar-refractivity contribution in [2.45, 2.75) is 39.7 Å². The summed E-state index contributed by atoms with van der Waals surface area (Å²) in [6.45, 7) is 11.0. The Balaban J connectivity index is 3.37. The molecule has 0 aromatic heterocycles. The number of aliphatic hydroxyl groups is 1. The molecule has 14 heavy (non-hydrogen) atoms. The second-order valence-corrected chi connectivity index (χ2v) is 3.69. The number of nitrogens with zero attached hydrogens (tertiary/aromatic N) is 1. The first-order valence-corrected chi connectivity index (χ1v) is 5.81. The average Bonchev–Trinajstić information content (AvgIpc) is 2.19. The van der Waals surface area contributed by atoms with Crippen molar-refractivity contribution < 1.29 is 5.11 Å². The predicted octanol–water partition coefficient (Wildman–Crippen LogP) is 1.08. The highest BCUT2D eigenvalue weighted by molar-refractivity contribution is 4.64. The Morgan fingerprint density at radius 1 is 1.21 bits per heavy atom. The van der Waals surface area contributed by atoms with Gasteiger partial charge < -0.3 is 15.3 Å². The van der Waals surface area contributed by atoms with Gasteiger partial charge in [-0.2, -0.15) is 0 Å². The molecule has 0 aromatic rings. The molecule has 0 heterocycles. The van der Waals surface area contributed by atoms with Crippen LogP contribution in [0.5, 0.6) is 0 Å². The maximum absolute atomic E-state index is 8.57. The Kier molecular flexibility index (Phi) is 9.35. The highest BCUT2D eigenvalue weighted by Gasteiger charge is 2.08. The summed E-state index contributed by atoms with van der Waals surface area (Å²) in [6.07, 6.45) is 2.43. The number of rotatable bonds is 9. The summed E-state index contributed by atoms with van der Waals surface area (Å²) in [6, 6.07) is 0.681. The molecule has 0 bridgehead atoms. The molecule has 0 aliphatic heterocycles. The second-order valence-electron chi connectivity index (χ2n) is 3.69. The molecule has 0 fully saturated rings. The fourth-order valence-corrected chi connectivity index (χ4v) is 1.76. The van der Waals surface area contributed by atoms with Gasteiger partial charge in [0, 0.05) is 12.6 Å². The molecule has 0 saturated heterocycles. The van der Waals surface area contributed by atoms with Gasteiger partial charge in [0.25, 0.3) is 0 Å². The molecule has 2 N–H and O–H groups in total. The molecule has 86 valence electrons. The van der Waals surface area contributed by atoms with Crippen LogP contribution in [0.1, 0.15) is 33.6 Å². The standard InChI is InChI=1S/C11H26N2O/c1-4-13(5-2)11(3)7-6-8-12-9-10-14/h11-12,14H,4-10H2,1-3H3. The Morgan fingerprint density at radius 3 is 2.36 bits per heavy atom. The van der Waals surface area contributed by atoms with E-state index in [0.717, 1.165) is 26.2 Å². The van der Waals surface area contributed by atoms with Crippen LogP contribution in [-0.4, -0.2) is 48.8 Å². The van der Waals surface area contributed by atoms with E-state index in [1.54, 1.807) is 0 Å². The lowest BCUT2D eigenvalue weighted by Gasteiger charge is -2.26. The molecule has 0 aliphatic rings. The largest absolute Gasteiger partial charge is 0.395 e. The minimum absolute atomic E-state index is 0.242. The minimum atomic E-state index is 0.242. The zero-order chi connectivity index (χ0) is 10.8. The number of nitrogens with one attached hydrogen (secondary N) is 1. The molecule has 1 atom stereocenters. The van der Waals surface area contributed by atoms with Gasteiger partial charge >= 0.3 is 0 Å². The fraction of sp³-hybridized carbons (Fsp3) is 1.00. The van der Waals surface area contributed by atoms with Gasteiger partial charge in [-0.25, -0.2) is 0 Å². The first-order valence-electron chi connectivity index (χ1n) is 5.81. The van der Waals surface area contributed by atoms with Crippen LogP contribution in [0, 0.1) is 0 Å². The van der Waals surface area contributed by atoms with Gasteiger partial charge in [-0.1, -0.05) is 13.8 Å². The molecular formula is C11H26N2O. The van der Waals surface area contributed by atoms with Crippen LogP contribution < -0.4 is 5.32 Å². The molecule has 0 aromatic carbocycles. The molecule has 0 amide bonds. The molecule has 0 aliphatic carbocycles. The van der Waals surface area contributed by atoms with Crippen LogP contribution in [0.15, 0.2) is 0 Å². The summed E-state index contributed by atoms with van der Waals surface area (Å²) in [7, 11) is 0. The molecule has 0 spiro atoms. The fourth-order valence-electron chi connectivity index (χ4n) is 1.76. The lowest BCUT2D eigenvalue weighted by Crippen LogP contribution is -2.33. The monoisotopic (exact) mass is 202 g/mol. The minimum Gasteiger partial charge on any atom is -0.395 e. The van der Waals surface area contributed by atoms with E-state index < -0.39 is 0 Å².